The van der Waals surface area contributed by atoms with Crippen molar-refractivity contribution in [3.63, 3.8) is 0 Å². The predicted octanol–water partition coefficient (Wildman–Crippen LogP) is 0.333. The highest BCUT2D eigenvalue weighted by atomic mass is 16.2. The molecule has 1 saturated heterocycles. The van der Waals surface area contributed by atoms with Gasteiger partial charge in [0, 0.05) is 33.6 Å². The first kappa shape index (κ1) is 11.9. The first-order valence-corrected chi connectivity index (χ1v) is 4.51. The van der Waals surface area contributed by atoms with E-state index in [4.69, 9.17) is 0 Å². The lowest BCUT2D eigenvalue weighted by molar-refractivity contribution is -0.127. The van der Waals surface area contributed by atoms with Crippen LogP contribution < -0.4 is 0 Å². The molecule has 1 rings (SSSR count). The molecule has 1 heterocycles. The lowest BCUT2D eigenvalue weighted by Crippen LogP contribution is -2.23. The van der Waals surface area contributed by atoms with E-state index in [1.807, 2.05) is 11.8 Å². The minimum absolute atomic E-state index is 0.326. The number of nitrogens with zero attached hydrogens (tertiary/aromatic N) is 2. The van der Waals surface area contributed by atoms with Crippen molar-refractivity contribution in [3.05, 3.63) is 0 Å². The Labute approximate surface area is 79.5 Å². The number of hydrogen-bond donors (Lipinski definition) is 0. The summed E-state index contributed by atoms with van der Waals surface area (Å²) in [4.78, 5) is 23.5. The monoisotopic (exact) mass is 186 g/mol. The van der Waals surface area contributed by atoms with Crippen LogP contribution in [0.4, 0.5) is 0 Å². The van der Waals surface area contributed by atoms with Crippen LogP contribution in [0.1, 0.15) is 19.8 Å². The van der Waals surface area contributed by atoms with Crippen molar-refractivity contribution in [1.29, 1.82) is 0 Å². The van der Waals surface area contributed by atoms with Crippen LogP contribution in [0.15, 0.2) is 0 Å². The highest BCUT2D eigenvalue weighted by Crippen LogP contribution is 2.07. The Hall–Kier alpha value is -1.06. The molecule has 1 aliphatic heterocycles. The first-order valence-electron chi connectivity index (χ1n) is 4.51. The standard InChI is InChI=1S/C6H11NO.C3H7NO/c1-2-7-5-3-4-6(7)8;1-4(2)3-5/h2-5H2,1H3;3H,1-2H3. The van der Waals surface area contributed by atoms with Crippen molar-refractivity contribution in [2.75, 3.05) is 27.2 Å². The molecule has 0 spiro atoms. The molecule has 0 atom stereocenters. The number of rotatable bonds is 2. The Balaban J connectivity index is 0.000000252. The normalized spacial score (nSPS) is 15.0. The highest BCUT2D eigenvalue weighted by Gasteiger charge is 2.16. The van der Waals surface area contributed by atoms with Gasteiger partial charge in [-0.15, -0.1) is 0 Å². The van der Waals surface area contributed by atoms with Crippen molar-refractivity contribution in [2.45, 2.75) is 19.8 Å². The quantitative estimate of drug-likeness (QED) is 0.583. The zero-order valence-corrected chi connectivity index (χ0v) is 8.62. The summed E-state index contributed by atoms with van der Waals surface area (Å²) >= 11 is 0. The summed E-state index contributed by atoms with van der Waals surface area (Å²) in [7, 11) is 3.38. The van der Waals surface area contributed by atoms with Gasteiger partial charge in [-0.2, -0.15) is 0 Å². The van der Waals surface area contributed by atoms with Gasteiger partial charge in [0.15, 0.2) is 0 Å². The lowest BCUT2D eigenvalue weighted by atomic mass is 10.4. The molecule has 76 valence electrons. The molecule has 0 N–H and O–H groups in total. The number of likely N-dealkylation sites (tertiary alicyclic amines) is 1. The zero-order chi connectivity index (χ0) is 10.3. The molecule has 0 aromatic rings. The van der Waals surface area contributed by atoms with Crippen LogP contribution in [0.5, 0.6) is 0 Å². The second-order valence-electron chi connectivity index (χ2n) is 3.15. The maximum absolute atomic E-state index is 10.7. The molecule has 4 heteroatoms. The fraction of sp³-hybridized carbons (Fsp3) is 0.778. The van der Waals surface area contributed by atoms with E-state index >= 15 is 0 Å². The van der Waals surface area contributed by atoms with Crippen molar-refractivity contribution in [1.82, 2.24) is 9.80 Å². The third kappa shape index (κ3) is 5.22. The van der Waals surface area contributed by atoms with Crippen LogP contribution in [0.3, 0.4) is 0 Å². The van der Waals surface area contributed by atoms with E-state index in [2.05, 4.69) is 0 Å². The fourth-order valence-electron chi connectivity index (χ4n) is 1.04. The van der Waals surface area contributed by atoms with Crippen molar-refractivity contribution in [3.8, 4) is 0 Å². The van der Waals surface area contributed by atoms with E-state index in [0.29, 0.717) is 5.91 Å². The summed E-state index contributed by atoms with van der Waals surface area (Å²) in [6.07, 6.45) is 2.58. The lowest BCUT2D eigenvalue weighted by Gasteiger charge is -2.10. The summed E-state index contributed by atoms with van der Waals surface area (Å²) in [6, 6.07) is 0. The summed E-state index contributed by atoms with van der Waals surface area (Å²) in [5, 5.41) is 0. The summed E-state index contributed by atoms with van der Waals surface area (Å²) in [5.41, 5.74) is 0. The van der Waals surface area contributed by atoms with Gasteiger partial charge in [0.1, 0.15) is 0 Å². The van der Waals surface area contributed by atoms with E-state index < -0.39 is 0 Å². The second kappa shape index (κ2) is 6.46. The molecular formula is C9H18N2O2. The Morgan fingerprint density at radius 3 is 2.23 bits per heavy atom. The Kier molecular flexibility index (Phi) is 5.93. The van der Waals surface area contributed by atoms with Gasteiger partial charge in [-0.25, -0.2) is 0 Å². The van der Waals surface area contributed by atoms with Crippen LogP contribution in [0, 0.1) is 0 Å². The van der Waals surface area contributed by atoms with Crippen LogP contribution in [0.25, 0.3) is 0 Å². The largest absolute Gasteiger partial charge is 0.351 e. The molecule has 1 aliphatic rings. The van der Waals surface area contributed by atoms with E-state index in [-0.39, 0.29) is 0 Å². The summed E-state index contributed by atoms with van der Waals surface area (Å²) < 4.78 is 0. The predicted molar refractivity (Wildman–Crippen MR) is 51.2 cm³/mol. The number of hydrogen-bond acceptors (Lipinski definition) is 2. The molecule has 0 radical (unpaired) electrons. The van der Waals surface area contributed by atoms with Crippen LogP contribution in [-0.2, 0) is 9.59 Å². The SMILES string of the molecule is CCN1CCCC1=O.CN(C)C=O. The van der Waals surface area contributed by atoms with Gasteiger partial charge in [-0.1, -0.05) is 0 Å². The van der Waals surface area contributed by atoms with Gasteiger partial charge in [-0.3, -0.25) is 9.59 Å². The average molecular weight is 186 g/mol. The minimum Gasteiger partial charge on any atom is -0.351 e. The minimum atomic E-state index is 0.326. The highest BCUT2D eigenvalue weighted by molar-refractivity contribution is 5.77. The summed E-state index contributed by atoms with van der Waals surface area (Å²) in [5.74, 6) is 0.326. The van der Waals surface area contributed by atoms with Crippen molar-refractivity contribution < 1.29 is 9.59 Å². The average Bonchev–Trinajstić information content (AvgIpc) is 2.52. The van der Waals surface area contributed by atoms with Gasteiger partial charge in [0.25, 0.3) is 0 Å². The second-order valence-corrected chi connectivity index (χ2v) is 3.15. The third-order valence-electron chi connectivity index (χ3n) is 1.76. The van der Waals surface area contributed by atoms with Gasteiger partial charge in [0.05, 0.1) is 0 Å². The molecule has 2 amide bonds. The van der Waals surface area contributed by atoms with E-state index in [1.54, 1.807) is 14.1 Å². The molecule has 0 aliphatic carbocycles. The van der Waals surface area contributed by atoms with E-state index in [1.165, 1.54) is 4.90 Å². The molecular weight excluding hydrogens is 168 g/mol. The molecule has 0 aromatic carbocycles. The van der Waals surface area contributed by atoms with Gasteiger partial charge >= 0.3 is 0 Å². The molecule has 0 saturated carbocycles. The maximum Gasteiger partial charge on any atom is 0.222 e. The zero-order valence-electron chi connectivity index (χ0n) is 8.62. The van der Waals surface area contributed by atoms with E-state index in [0.717, 1.165) is 32.3 Å². The van der Waals surface area contributed by atoms with Crippen molar-refractivity contribution >= 4 is 12.3 Å². The Morgan fingerprint density at radius 1 is 1.54 bits per heavy atom. The number of amides is 2. The van der Waals surface area contributed by atoms with Crippen LogP contribution in [-0.4, -0.2) is 49.3 Å². The number of carbonyl (C=O) groups excluding carboxylic acids is 2. The van der Waals surface area contributed by atoms with Gasteiger partial charge in [0.2, 0.25) is 12.3 Å². The molecule has 0 bridgehead atoms. The van der Waals surface area contributed by atoms with Crippen LogP contribution in [0.2, 0.25) is 0 Å². The first-order chi connectivity index (χ1) is 6.11. The molecule has 1 fully saturated rings. The topological polar surface area (TPSA) is 40.6 Å². The molecule has 13 heavy (non-hydrogen) atoms. The maximum atomic E-state index is 10.7. The number of carbonyl (C=O) groups is 2. The smallest absolute Gasteiger partial charge is 0.222 e. The summed E-state index contributed by atoms with van der Waals surface area (Å²) in [6.45, 7) is 3.89. The van der Waals surface area contributed by atoms with Crippen LogP contribution >= 0.6 is 0 Å². The third-order valence-corrected chi connectivity index (χ3v) is 1.76. The molecule has 0 aromatic heterocycles. The Bertz CT molecular complexity index is 169. The fourth-order valence-corrected chi connectivity index (χ4v) is 1.04. The molecule has 4 nitrogen and oxygen atoms in total. The Morgan fingerprint density at radius 2 is 2.08 bits per heavy atom. The molecule has 0 unspecified atom stereocenters. The van der Waals surface area contributed by atoms with Gasteiger partial charge in [-0.05, 0) is 13.3 Å². The van der Waals surface area contributed by atoms with Gasteiger partial charge < -0.3 is 9.80 Å². The van der Waals surface area contributed by atoms with E-state index in [9.17, 15) is 9.59 Å². The van der Waals surface area contributed by atoms with Crippen molar-refractivity contribution in [2.24, 2.45) is 0 Å².